The first-order valence-electron chi connectivity index (χ1n) is 5.25. The lowest BCUT2D eigenvalue weighted by atomic mass is 9.92. The molecule has 4 heteroatoms. The van der Waals surface area contributed by atoms with Crippen LogP contribution in [0, 0.1) is 5.92 Å². The van der Waals surface area contributed by atoms with Gasteiger partial charge < -0.3 is 5.73 Å². The van der Waals surface area contributed by atoms with E-state index >= 15 is 0 Å². The zero-order chi connectivity index (χ0) is 11.8. The van der Waals surface area contributed by atoms with Crippen molar-refractivity contribution in [3.05, 3.63) is 10.2 Å². The number of nitrogens with two attached hydrogens (primary N) is 1. The summed E-state index contributed by atoms with van der Waals surface area (Å²) >= 11 is 3.52. The molecule has 86 valence electrons. The molecule has 0 bridgehead atoms. The van der Waals surface area contributed by atoms with Gasteiger partial charge in [-0.3, -0.25) is 0 Å². The van der Waals surface area contributed by atoms with Crippen LogP contribution in [0.5, 0.6) is 0 Å². The number of hydrogen-bond donors (Lipinski definition) is 1. The summed E-state index contributed by atoms with van der Waals surface area (Å²) in [6.07, 6.45) is 0. The van der Waals surface area contributed by atoms with Gasteiger partial charge in [0.1, 0.15) is 5.82 Å². The summed E-state index contributed by atoms with van der Waals surface area (Å²) < 4.78 is 2.82. The number of halogens is 1. The van der Waals surface area contributed by atoms with E-state index in [1.807, 2.05) is 4.68 Å². The summed E-state index contributed by atoms with van der Waals surface area (Å²) in [6, 6.07) is 0. The fraction of sp³-hybridized carbons (Fsp3) is 0.727. The highest BCUT2D eigenvalue weighted by molar-refractivity contribution is 9.10. The van der Waals surface area contributed by atoms with Gasteiger partial charge in [0.2, 0.25) is 0 Å². The van der Waals surface area contributed by atoms with Crippen molar-refractivity contribution in [2.24, 2.45) is 5.92 Å². The lowest BCUT2D eigenvalue weighted by molar-refractivity contribution is 0.469. The zero-order valence-corrected chi connectivity index (χ0v) is 11.7. The molecular weight excluding hydrogens is 254 g/mol. The standard InChI is InChI=1S/C11H20BrN3/c1-7(2)6-15-10(13)8(12)9(14-15)11(3,4)5/h7H,6,13H2,1-5H3. The van der Waals surface area contributed by atoms with E-state index < -0.39 is 0 Å². The number of hydrogen-bond acceptors (Lipinski definition) is 2. The number of anilines is 1. The molecule has 0 saturated carbocycles. The van der Waals surface area contributed by atoms with Crippen molar-refractivity contribution >= 4 is 21.7 Å². The fourth-order valence-corrected chi connectivity index (χ4v) is 2.30. The maximum atomic E-state index is 6.00. The largest absolute Gasteiger partial charge is 0.383 e. The van der Waals surface area contributed by atoms with Crippen LogP contribution in [0.25, 0.3) is 0 Å². The predicted octanol–water partition coefficient (Wildman–Crippen LogP) is 3.18. The van der Waals surface area contributed by atoms with Gasteiger partial charge in [-0.05, 0) is 21.8 Å². The van der Waals surface area contributed by atoms with E-state index in [9.17, 15) is 0 Å². The Morgan fingerprint density at radius 2 is 1.93 bits per heavy atom. The van der Waals surface area contributed by atoms with Crippen LogP contribution in [0.2, 0.25) is 0 Å². The molecular formula is C11H20BrN3. The molecule has 0 amide bonds. The lowest BCUT2D eigenvalue weighted by Gasteiger charge is -2.15. The first-order chi connectivity index (χ1) is 6.73. The molecule has 0 saturated heterocycles. The second-order valence-electron chi connectivity index (χ2n) is 5.37. The Morgan fingerprint density at radius 1 is 1.40 bits per heavy atom. The molecule has 1 aromatic rings. The Balaban J connectivity index is 3.13. The minimum absolute atomic E-state index is 0.0230. The summed E-state index contributed by atoms with van der Waals surface area (Å²) in [5, 5.41) is 4.57. The Hall–Kier alpha value is -0.510. The molecule has 1 aromatic heterocycles. The van der Waals surface area contributed by atoms with Gasteiger partial charge in [-0.2, -0.15) is 5.10 Å². The number of aromatic nitrogens is 2. The van der Waals surface area contributed by atoms with E-state index in [4.69, 9.17) is 5.73 Å². The first-order valence-corrected chi connectivity index (χ1v) is 6.05. The molecule has 0 aromatic carbocycles. The van der Waals surface area contributed by atoms with Crippen molar-refractivity contribution in [2.45, 2.75) is 46.6 Å². The van der Waals surface area contributed by atoms with Crippen LogP contribution < -0.4 is 5.73 Å². The SMILES string of the molecule is CC(C)Cn1nc(C(C)(C)C)c(Br)c1N. The molecule has 15 heavy (non-hydrogen) atoms. The van der Waals surface area contributed by atoms with Crippen molar-refractivity contribution in [1.29, 1.82) is 0 Å². The molecule has 0 radical (unpaired) electrons. The summed E-state index contributed by atoms with van der Waals surface area (Å²) in [4.78, 5) is 0. The summed E-state index contributed by atoms with van der Waals surface area (Å²) in [6.45, 7) is 11.6. The Morgan fingerprint density at radius 3 is 2.27 bits per heavy atom. The van der Waals surface area contributed by atoms with Crippen LogP contribution in [0.3, 0.4) is 0 Å². The number of nitrogen functional groups attached to an aromatic ring is 1. The average Bonchev–Trinajstić information content (AvgIpc) is 2.30. The monoisotopic (exact) mass is 273 g/mol. The van der Waals surface area contributed by atoms with E-state index in [0.29, 0.717) is 5.92 Å². The normalized spacial score (nSPS) is 12.5. The van der Waals surface area contributed by atoms with Crippen molar-refractivity contribution < 1.29 is 0 Å². The van der Waals surface area contributed by atoms with Gasteiger partial charge in [0, 0.05) is 12.0 Å². The van der Waals surface area contributed by atoms with Gasteiger partial charge >= 0.3 is 0 Å². The Kier molecular flexibility index (Phi) is 3.48. The maximum Gasteiger partial charge on any atom is 0.136 e. The van der Waals surface area contributed by atoms with Crippen molar-refractivity contribution in [1.82, 2.24) is 9.78 Å². The van der Waals surface area contributed by atoms with Crippen molar-refractivity contribution in [3.63, 3.8) is 0 Å². The quantitative estimate of drug-likeness (QED) is 0.900. The van der Waals surface area contributed by atoms with E-state index in [2.05, 4.69) is 55.6 Å². The molecule has 0 atom stereocenters. The van der Waals surface area contributed by atoms with Gasteiger partial charge in [-0.1, -0.05) is 34.6 Å². The van der Waals surface area contributed by atoms with E-state index in [1.165, 1.54) is 0 Å². The smallest absolute Gasteiger partial charge is 0.136 e. The number of nitrogens with zero attached hydrogens (tertiary/aromatic N) is 2. The Labute approximate surface area is 100 Å². The van der Waals surface area contributed by atoms with Crippen molar-refractivity contribution in [2.75, 3.05) is 5.73 Å². The predicted molar refractivity (Wildman–Crippen MR) is 67.9 cm³/mol. The van der Waals surface area contributed by atoms with Crippen LogP contribution in [0.1, 0.15) is 40.3 Å². The van der Waals surface area contributed by atoms with Gasteiger partial charge in [0.15, 0.2) is 0 Å². The van der Waals surface area contributed by atoms with Crippen LogP contribution in [-0.2, 0) is 12.0 Å². The minimum atomic E-state index is 0.0230. The highest BCUT2D eigenvalue weighted by atomic mass is 79.9. The second kappa shape index (κ2) is 4.16. The molecule has 1 heterocycles. The van der Waals surface area contributed by atoms with Gasteiger partial charge in [0.05, 0.1) is 10.2 Å². The summed E-state index contributed by atoms with van der Waals surface area (Å²) in [7, 11) is 0. The third kappa shape index (κ3) is 2.74. The second-order valence-corrected chi connectivity index (χ2v) is 6.17. The third-order valence-electron chi connectivity index (χ3n) is 2.18. The van der Waals surface area contributed by atoms with Crippen molar-refractivity contribution in [3.8, 4) is 0 Å². The third-order valence-corrected chi connectivity index (χ3v) is 2.96. The topological polar surface area (TPSA) is 43.8 Å². The lowest BCUT2D eigenvalue weighted by Crippen LogP contribution is -2.14. The molecule has 0 aliphatic carbocycles. The first kappa shape index (κ1) is 12.6. The fourth-order valence-electron chi connectivity index (χ4n) is 1.42. The van der Waals surface area contributed by atoms with E-state index in [-0.39, 0.29) is 5.41 Å². The van der Waals surface area contributed by atoms with Gasteiger partial charge in [0.25, 0.3) is 0 Å². The van der Waals surface area contributed by atoms with Crippen LogP contribution >= 0.6 is 15.9 Å². The molecule has 1 rings (SSSR count). The molecule has 2 N–H and O–H groups in total. The molecule has 0 aliphatic rings. The zero-order valence-electron chi connectivity index (χ0n) is 10.1. The van der Waals surface area contributed by atoms with Gasteiger partial charge in [-0.15, -0.1) is 0 Å². The van der Waals surface area contributed by atoms with Crippen LogP contribution in [0.15, 0.2) is 4.47 Å². The molecule has 0 aliphatic heterocycles. The maximum absolute atomic E-state index is 6.00. The highest BCUT2D eigenvalue weighted by Gasteiger charge is 2.24. The van der Waals surface area contributed by atoms with E-state index in [1.54, 1.807) is 0 Å². The highest BCUT2D eigenvalue weighted by Crippen LogP contribution is 2.33. The van der Waals surface area contributed by atoms with Crippen LogP contribution in [0.4, 0.5) is 5.82 Å². The van der Waals surface area contributed by atoms with Crippen LogP contribution in [-0.4, -0.2) is 9.78 Å². The van der Waals surface area contributed by atoms with E-state index in [0.717, 1.165) is 22.5 Å². The summed E-state index contributed by atoms with van der Waals surface area (Å²) in [5.74, 6) is 1.28. The molecule has 0 spiro atoms. The molecule has 0 unspecified atom stereocenters. The Bertz CT molecular complexity index is 347. The minimum Gasteiger partial charge on any atom is -0.383 e. The summed E-state index contributed by atoms with van der Waals surface area (Å²) in [5.41, 5.74) is 7.05. The van der Waals surface area contributed by atoms with Gasteiger partial charge in [-0.25, -0.2) is 4.68 Å². The molecule has 0 fully saturated rings. The molecule has 3 nitrogen and oxygen atoms in total. The number of rotatable bonds is 2. The average molecular weight is 274 g/mol.